The van der Waals surface area contributed by atoms with Gasteiger partial charge in [0.2, 0.25) is 0 Å². The van der Waals surface area contributed by atoms with Crippen molar-refractivity contribution in [3.8, 4) is 5.75 Å². The van der Waals surface area contributed by atoms with Gasteiger partial charge in [-0.1, -0.05) is 29.8 Å². The molecule has 2 aromatic carbocycles. The van der Waals surface area contributed by atoms with Crippen molar-refractivity contribution in [2.24, 2.45) is 10.7 Å². The Morgan fingerprint density at radius 1 is 1.19 bits per heavy atom. The van der Waals surface area contributed by atoms with Crippen LogP contribution in [0.5, 0.6) is 5.75 Å². The number of aryl methyl sites for hydroxylation is 1. The molecule has 2 aromatic rings. The molecule has 0 amide bonds. The summed E-state index contributed by atoms with van der Waals surface area (Å²) in [7, 11) is 1.70. The average Bonchev–Trinajstić information content (AvgIpc) is 3.18. The second-order valence-electron chi connectivity index (χ2n) is 6.75. The van der Waals surface area contributed by atoms with Gasteiger partial charge in [-0.3, -0.25) is 9.89 Å². The van der Waals surface area contributed by atoms with E-state index >= 15 is 0 Å². The summed E-state index contributed by atoms with van der Waals surface area (Å²) in [5.74, 6) is 1.32. The van der Waals surface area contributed by atoms with Gasteiger partial charge in [-0.15, -0.1) is 0 Å². The fraction of sp³-hybridized carbons (Fsp3) is 0.381. The van der Waals surface area contributed by atoms with E-state index in [-0.39, 0.29) is 6.04 Å². The zero-order chi connectivity index (χ0) is 18.4. The zero-order valence-corrected chi connectivity index (χ0v) is 15.6. The SMILES string of the molecule is COc1cccc(C(CN=C(N)Nc2ccc(C)cc2)N2CCCC2)c1. The van der Waals surface area contributed by atoms with Crippen molar-refractivity contribution in [2.75, 3.05) is 32.1 Å². The number of benzene rings is 2. The molecule has 26 heavy (non-hydrogen) atoms. The number of aliphatic imine (C=N–C) groups is 1. The van der Waals surface area contributed by atoms with Crippen LogP contribution in [0.15, 0.2) is 53.5 Å². The minimum Gasteiger partial charge on any atom is -0.497 e. The normalized spacial score (nSPS) is 16.5. The molecule has 1 unspecified atom stereocenters. The molecule has 5 nitrogen and oxygen atoms in total. The summed E-state index contributed by atoms with van der Waals surface area (Å²) in [6, 6.07) is 16.6. The molecule has 1 fully saturated rings. The summed E-state index contributed by atoms with van der Waals surface area (Å²) in [5.41, 5.74) is 9.52. The van der Waals surface area contributed by atoms with E-state index in [1.807, 2.05) is 24.3 Å². The van der Waals surface area contributed by atoms with E-state index < -0.39 is 0 Å². The minimum absolute atomic E-state index is 0.214. The van der Waals surface area contributed by atoms with Gasteiger partial charge >= 0.3 is 0 Å². The number of nitrogens with two attached hydrogens (primary N) is 1. The highest BCUT2D eigenvalue weighted by molar-refractivity contribution is 5.92. The van der Waals surface area contributed by atoms with Crippen LogP contribution in [0, 0.1) is 6.92 Å². The number of hydrogen-bond donors (Lipinski definition) is 2. The molecule has 5 heteroatoms. The van der Waals surface area contributed by atoms with Crippen molar-refractivity contribution in [1.82, 2.24) is 4.90 Å². The van der Waals surface area contributed by atoms with Crippen LogP contribution < -0.4 is 15.8 Å². The Kier molecular flexibility index (Phi) is 6.12. The highest BCUT2D eigenvalue weighted by Gasteiger charge is 2.23. The van der Waals surface area contributed by atoms with Crippen molar-refractivity contribution < 1.29 is 4.74 Å². The molecule has 138 valence electrons. The van der Waals surface area contributed by atoms with E-state index in [0.717, 1.165) is 24.5 Å². The summed E-state index contributed by atoms with van der Waals surface area (Å²) in [4.78, 5) is 7.10. The third-order valence-electron chi connectivity index (χ3n) is 4.82. The van der Waals surface area contributed by atoms with Gasteiger partial charge in [0.15, 0.2) is 5.96 Å². The lowest BCUT2D eigenvalue weighted by molar-refractivity contribution is 0.251. The van der Waals surface area contributed by atoms with Crippen molar-refractivity contribution in [2.45, 2.75) is 25.8 Å². The smallest absolute Gasteiger partial charge is 0.193 e. The predicted molar refractivity (Wildman–Crippen MR) is 108 cm³/mol. The Bertz CT molecular complexity index is 736. The van der Waals surface area contributed by atoms with Crippen LogP contribution in [-0.4, -0.2) is 37.6 Å². The quantitative estimate of drug-likeness (QED) is 0.616. The maximum absolute atomic E-state index is 6.12. The van der Waals surface area contributed by atoms with Crippen LogP contribution in [-0.2, 0) is 0 Å². The molecule has 1 aliphatic rings. The van der Waals surface area contributed by atoms with Crippen LogP contribution in [0.1, 0.15) is 30.0 Å². The van der Waals surface area contributed by atoms with Crippen LogP contribution in [0.3, 0.4) is 0 Å². The number of nitrogens with one attached hydrogen (secondary N) is 1. The van der Waals surface area contributed by atoms with Gasteiger partial charge in [0, 0.05) is 5.69 Å². The van der Waals surface area contributed by atoms with Gasteiger partial charge in [0.1, 0.15) is 5.75 Å². The van der Waals surface area contributed by atoms with E-state index in [0.29, 0.717) is 12.5 Å². The first kappa shape index (κ1) is 18.3. The van der Waals surface area contributed by atoms with Crippen LogP contribution in [0.4, 0.5) is 5.69 Å². The molecule has 1 aliphatic heterocycles. The van der Waals surface area contributed by atoms with Crippen LogP contribution in [0.2, 0.25) is 0 Å². The number of nitrogens with zero attached hydrogens (tertiary/aromatic N) is 2. The number of ether oxygens (including phenoxy) is 1. The molecule has 0 bridgehead atoms. The Labute approximate surface area is 155 Å². The zero-order valence-electron chi connectivity index (χ0n) is 15.6. The van der Waals surface area contributed by atoms with Gasteiger partial charge in [-0.05, 0) is 62.7 Å². The molecule has 0 spiro atoms. The lowest BCUT2D eigenvalue weighted by Gasteiger charge is -2.27. The Morgan fingerprint density at radius 2 is 1.92 bits per heavy atom. The van der Waals surface area contributed by atoms with Gasteiger partial charge in [0.05, 0.1) is 19.7 Å². The summed E-state index contributed by atoms with van der Waals surface area (Å²) in [6.07, 6.45) is 2.47. The summed E-state index contributed by atoms with van der Waals surface area (Å²) >= 11 is 0. The van der Waals surface area contributed by atoms with Crippen molar-refractivity contribution >= 4 is 11.6 Å². The topological polar surface area (TPSA) is 62.9 Å². The molecule has 0 saturated carbocycles. The van der Waals surface area contributed by atoms with Crippen LogP contribution >= 0.6 is 0 Å². The predicted octanol–water partition coefficient (Wildman–Crippen LogP) is 3.57. The maximum Gasteiger partial charge on any atom is 0.193 e. The molecule has 1 atom stereocenters. The number of likely N-dealkylation sites (tertiary alicyclic amines) is 1. The molecule has 3 N–H and O–H groups in total. The Hall–Kier alpha value is -2.53. The second-order valence-corrected chi connectivity index (χ2v) is 6.75. The number of hydrogen-bond acceptors (Lipinski definition) is 3. The Morgan fingerprint density at radius 3 is 2.62 bits per heavy atom. The number of rotatable bonds is 6. The van der Waals surface area contributed by atoms with Crippen molar-refractivity contribution in [3.05, 3.63) is 59.7 Å². The number of methoxy groups -OCH3 is 1. The van der Waals surface area contributed by atoms with E-state index in [2.05, 4.69) is 46.4 Å². The van der Waals surface area contributed by atoms with Gasteiger partial charge in [0.25, 0.3) is 0 Å². The highest BCUT2D eigenvalue weighted by atomic mass is 16.5. The van der Waals surface area contributed by atoms with E-state index in [4.69, 9.17) is 10.5 Å². The summed E-state index contributed by atoms with van der Waals surface area (Å²) < 4.78 is 5.39. The summed E-state index contributed by atoms with van der Waals surface area (Å²) in [6.45, 7) is 4.89. The molecule has 0 aliphatic carbocycles. The molecular formula is C21H28N4O. The van der Waals surface area contributed by atoms with E-state index in [9.17, 15) is 0 Å². The first-order valence-electron chi connectivity index (χ1n) is 9.17. The lowest BCUT2D eigenvalue weighted by atomic mass is 10.1. The van der Waals surface area contributed by atoms with Crippen LogP contribution in [0.25, 0.3) is 0 Å². The van der Waals surface area contributed by atoms with E-state index in [1.54, 1.807) is 7.11 Å². The van der Waals surface area contributed by atoms with Gasteiger partial charge < -0.3 is 15.8 Å². The lowest BCUT2D eigenvalue weighted by Crippen LogP contribution is -2.30. The fourth-order valence-corrected chi connectivity index (χ4v) is 3.34. The molecule has 3 rings (SSSR count). The monoisotopic (exact) mass is 352 g/mol. The molecular weight excluding hydrogens is 324 g/mol. The Balaban J connectivity index is 1.73. The van der Waals surface area contributed by atoms with Crippen molar-refractivity contribution in [1.29, 1.82) is 0 Å². The first-order chi connectivity index (χ1) is 12.7. The molecule has 1 saturated heterocycles. The third-order valence-corrected chi connectivity index (χ3v) is 4.82. The molecule has 0 aromatic heterocycles. The molecule has 1 heterocycles. The van der Waals surface area contributed by atoms with Gasteiger partial charge in [-0.25, -0.2) is 0 Å². The van der Waals surface area contributed by atoms with Gasteiger partial charge in [-0.2, -0.15) is 0 Å². The maximum atomic E-state index is 6.12. The minimum atomic E-state index is 0.214. The fourth-order valence-electron chi connectivity index (χ4n) is 3.34. The largest absolute Gasteiger partial charge is 0.497 e. The summed E-state index contributed by atoms with van der Waals surface area (Å²) in [5, 5.41) is 3.17. The third kappa shape index (κ3) is 4.76. The number of guanidine groups is 1. The number of anilines is 1. The second kappa shape index (κ2) is 8.72. The van der Waals surface area contributed by atoms with Crippen molar-refractivity contribution in [3.63, 3.8) is 0 Å². The molecule has 0 radical (unpaired) electrons. The van der Waals surface area contributed by atoms with E-state index in [1.165, 1.54) is 24.0 Å². The average molecular weight is 352 g/mol. The highest BCUT2D eigenvalue weighted by Crippen LogP contribution is 2.27. The standard InChI is InChI=1S/C21H28N4O/c1-16-8-10-18(11-9-16)24-21(22)23-15-20(25-12-3-4-13-25)17-6-5-7-19(14-17)26-2/h5-11,14,20H,3-4,12-13,15H2,1-2H3,(H3,22,23,24). The first-order valence-corrected chi connectivity index (χ1v) is 9.17.